The van der Waals surface area contributed by atoms with Crippen molar-refractivity contribution in [3.8, 4) is 11.1 Å². The number of para-hydroxylation sites is 4. The molecule has 0 saturated heterocycles. The average Bonchev–Trinajstić information content (AvgIpc) is 2.82. The third kappa shape index (κ3) is 2.94. The van der Waals surface area contributed by atoms with Gasteiger partial charge in [0.05, 0.1) is 35.9 Å². The third-order valence-corrected chi connectivity index (χ3v) is 5.16. The van der Waals surface area contributed by atoms with Gasteiger partial charge < -0.3 is 10.2 Å². The van der Waals surface area contributed by atoms with Gasteiger partial charge in [-0.3, -0.25) is 0 Å². The Morgan fingerprint density at radius 1 is 0.600 bits per heavy atom. The Balaban J connectivity index is 1.68. The predicted octanol–water partition coefficient (Wildman–Crippen LogP) is 7.98. The number of nitrogens with zero attached hydrogens (tertiary/aromatic N) is 3. The minimum absolute atomic E-state index is 0.474. The Morgan fingerprint density at radius 3 is 1.80 bits per heavy atom. The standard InChI is InChI=1S/C26H16N4/c1-27-20-14-19(15-21(17-20)28-2)18-8-7-9-22(16-18)30-25-12-5-3-10-23(25)29-24-11-4-6-13-26(24)30/h3-17,29H. The summed E-state index contributed by atoms with van der Waals surface area (Å²) in [5, 5.41) is 3.51. The van der Waals surface area contributed by atoms with Gasteiger partial charge in [-0.2, -0.15) is 0 Å². The van der Waals surface area contributed by atoms with Crippen molar-refractivity contribution >= 4 is 39.8 Å². The maximum Gasteiger partial charge on any atom is 0.177 e. The molecule has 1 N–H and O–H groups in total. The third-order valence-electron chi connectivity index (χ3n) is 5.16. The van der Waals surface area contributed by atoms with E-state index in [0.717, 1.165) is 39.6 Å². The smallest absolute Gasteiger partial charge is 0.177 e. The van der Waals surface area contributed by atoms with Gasteiger partial charge in [0.1, 0.15) is 0 Å². The summed E-state index contributed by atoms with van der Waals surface area (Å²) in [6.45, 7) is 14.7. The number of rotatable bonds is 2. The van der Waals surface area contributed by atoms with Crippen LogP contribution in [0.15, 0.2) is 91.0 Å². The van der Waals surface area contributed by atoms with Crippen LogP contribution in [-0.2, 0) is 0 Å². The van der Waals surface area contributed by atoms with Gasteiger partial charge >= 0.3 is 0 Å². The van der Waals surface area contributed by atoms with E-state index in [2.05, 4.69) is 56.3 Å². The first-order chi connectivity index (χ1) is 14.8. The Kier molecular flexibility index (Phi) is 4.17. The fourth-order valence-corrected chi connectivity index (χ4v) is 3.82. The lowest BCUT2D eigenvalue weighted by Crippen LogP contribution is -2.17. The Hall–Kier alpha value is -4.54. The highest BCUT2D eigenvalue weighted by Gasteiger charge is 2.23. The molecule has 0 bridgehead atoms. The second-order valence-electron chi connectivity index (χ2n) is 7.01. The molecule has 1 aliphatic rings. The van der Waals surface area contributed by atoms with E-state index in [-0.39, 0.29) is 0 Å². The predicted molar refractivity (Wildman–Crippen MR) is 122 cm³/mol. The van der Waals surface area contributed by atoms with Crippen molar-refractivity contribution in [2.45, 2.75) is 0 Å². The monoisotopic (exact) mass is 384 g/mol. The molecule has 1 aliphatic heterocycles. The summed E-state index contributed by atoms with van der Waals surface area (Å²) in [5.41, 5.74) is 8.05. The summed E-state index contributed by atoms with van der Waals surface area (Å²) in [5.74, 6) is 0. The molecule has 0 atom stereocenters. The van der Waals surface area contributed by atoms with E-state index >= 15 is 0 Å². The lowest BCUT2D eigenvalue weighted by atomic mass is 10.0. The van der Waals surface area contributed by atoms with Crippen molar-refractivity contribution in [2.24, 2.45) is 0 Å². The van der Waals surface area contributed by atoms with Gasteiger partial charge in [0.2, 0.25) is 0 Å². The number of nitrogens with one attached hydrogen (secondary N) is 1. The van der Waals surface area contributed by atoms with E-state index in [1.807, 2.05) is 48.5 Å². The minimum Gasteiger partial charge on any atom is -0.352 e. The van der Waals surface area contributed by atoms with Crippen LogP contribution < -0.4 is 10.2 Å². The van der Waals surface area contributed by atoms with Gasteiger partial charge in [-0.05, 0) is 47.5 Å². The van der Waals surface area contributed by atoms with Crippen molar-refractivity contribution in [1.82, 2.24) is 0 Å². The van der Waals surface area contributed by atoms with Crippen molar-refractivity contribution in [2.75, 3.05) is 10.2 Å². The topological polar surface area (TPSA) is 24.0 Å². The first-order valence-electron chi connectivity index (χ1n) is 9.52. The summed E-state index contributed by atoms with van der Waals surface area (Å²) < 4.78 is 0. The van der Waals surface area contributed by atoms with Crippen LogP contribution in [0.3, 0.4) is 0 Å². The molecular formula is C26H16N4. The van der Waals surface area contributed by atoms with E-state index in [1.54, 1.807) is 6.07 Å². The lowest BCUT2D eigenvalue weighted by molar-refractivity contribution is 1.25. The first-order valence-corrected chi connectivity index (χ1v) is 9.52. The van der Waals surface area contributed by atoms with Gasteiger partial charge in [0.25, 0.3) is 0 Å². The van der Waals surface area contributed by atoms with Crippen LogP contribution >= 0.6 is 0 Å². The van der Waals surface area contributed by atoms with Crippen LogP contribution in [0.25, 0.3) is 20.8 Å². The van der Waals surface area contributed by atoms with Crippen molar-refractivity contribution in [3.63, 3.8) is 0 Å². The second kappa shape index (κ2) is 7.13. The molecule has 140 valence electrons. The van der Waals surface area contributed by atoms with E-state index in [9.17, 15) is 0 Å². The number of fused-ring (bicyclic) bond motifs is 2. The van der Waals surface area contributed by atoms with Crippen molar-refractivity contribution in [1.29, 1.82) is 0 Å². The van der Waals surface area contributed by atoms with Gasteiger partial charge in [0, 0.05) is 5.69 Å². The van der Waals surface area contributed by atoms with E-state index in [0.29, 0.717) is 11.4 Å². The van der Waals surface area contributed by atoms with Gasteiger partial charge in [-0.25, -0.2) is 9.69 Å². The fraction of sp³-hybridized carbons (Fsp3) is 0. The normalized spacial score (nSPS) is 11.5. The molecular weight excluding hydrogens is 368 g/mol. The molecule has 0 amide bonds. The molecule has 1 heterocycles. The lowest BCUT2D eigenvalue weighted by Gasteiger charge is -2.34. The Labute approximate surface area is 175 Å². The van der Waals surface area contributed by atoms with Crippen molar-refractivity contribution < 1.29 is 0 Å². The van der Waals surface area contributed by atoms with E-state index in [1.165, 1.54) is 0 Å². The number of hydrogen-bond donors (Lipinski definition) is 1. The molecule has 4 heteroatoms. The van der Waals surface area contributed by atoms with Crippen LogP contribution in [-0.4, -0.2) is 0 Å². The zero-order chi connectivity index (χ0) is 20.5. The summed E-state index contributed by atoms with van der Waals surface area (Å²) in [6.07, 6.45) is 0. The zero-order valence-electron chi connectivity index (χ0n) is 16.0. The van der Waals surface area contributed by atoms with Crippen LogP contribution in [0.5, 0.6) is 0 Å². The summed E-state index contributed by atoms with van der Waals surface area (Å²) in [7, 11) is 0. The molecule has 0 aliphatic carbocycles. The van der Waals surface area contributed by atoms with Crippen LogP contribution in [0.4, 0.5) is 39.8 Å². The van der Waals surface area contributed by atoms with Gasteiger partial charge in [-0.1, -0.05) is 54.6 Å². The maximum absolute atomic E-state index is 7.35. The largest absolute Gasteiger partial charge is 0.352 e. The highest BCUT2D eigenvalue weighted by molar-refractivity contribution is 5.97. The Morgan fingerprint density at radius 2 is 1.20 bits per heavy atom. The minimum atomic E-state index is 0.474. The first kappa shape index (κ1) is 17.6. The molecule has 0 radical (unpaired) electrons. The van der Waals surface area contributed by atoms with Crippen LogP contribution in [0.2, 0.25) is 0 Å². The molecule has 0 unspecified atom stereocenters. The fourth-order valence-electron chi connectivity index (χ4n) is 3.82. The molecule has 0 fully saturated rings. The molecule has 4 aromatic carbocycles. The molecule has 4 aromatic rings. The highest BCUT2D eigenvalue weighted by atomic mass is 15.2. The highest BCUT2D eigenvalue weighted by Crippen LogP contribution is 2.48. The van der Waals surface area contributed by atoms with Gasteiger partial charge in [-0.15, -0.1) is 0 Å². The molecule has 0 spiro atoms. The second-order valence-corrected chi connectivity index (χ2v) is 7.01. The van der Waals surface area contributed by atoms with E-state index in [4.69, 9.17) is 13.1 Å². The molecule has 4 nitrogen and oxygen atoms in total. The van der Waals surface area contributed by atoms with Crippen LogP contribution in [0.1, 0.15) is 0 Å². The van der Waals surface area contributed by atoms with Crippen LogP contribution in [0, 0.1) is 13.1 Å². The molecule has 0 saturated carbocycles. The zero-order valence-corrected chi connectivity index (χ0v) is 16.0. The summed E-state index contributed by atoms with van der Waals surface area (Å²) in [6, 6.07) is 30.0. The maximum atomic E-state index is 7.35. The number of benzene rings is 4. The average molecular weight is 384 g/mol. The Bertz CT molecular complexity index is 1280. The summed E-state index contributed by atoms with van der Waals surface area (Å²) >= 11 is 0. The molecule has 30 heavy (non-hydrogen) atoms. The molecule has 5 rings (SSSR count). The van der Waals surface area contributed by atoms with E-state index < -0.39 is 0 Å². The molecule has 0 aromatic heterocycles. The quantitative estimate of drug-likeness (QED) is 0.312. The van der Waals surface area contributed by atoms with Gasteiger partial charge in [0.15, 0.2) is 11.4 Å². The summed E-state index contributed by atoms with van der Waals surface area (Å²) in [4.78, 5) is 9.29. The number of hydrogen-bond acceptors (Lipinski definition) is 2. The number of anilines is 5. The van der Waals surface area contributed by atoms with Crippen molar-refractivity contribution in [3.05, 3.63) is 114 Å². The SMILES string of the molecule is [C-]#[N+]c1cc([N+]#[C-])cc(-c2cccc(N3c4ccccc4Nc4ccccc43)c2)c1.